The highest BCUT2D eigenvalue weighted by atomic mass is 79.9. The van der Waals surface area contributed by atoms with Gasteiger partial charge in [-0.05, 0) is 40.5 Å². The van der Waals surface area contributed by atoms with Crippen molar-refractivity contribution in [2.24, 2.45) is 0 Å². The molecule has 0 saturated heterocycles. The van der Waals surface area contributed by atoms with Crippen molar-refractivity contribution in [1.29, 1.82) is 0 Å². The van der Waals surface area contributed by atoms with Gasteiger partial charge < -0.3 is 10.1 Å². The molecule has 0 aliphatic carbocycles. The van der Waals surface area contributed by atoms with E-state index in [0.717, 1.165) is 27.0 Å². The summed E-state index contributed by atoms with van der Waals surface area (Å²) in [5.74, 6) is 1.79. The van der Waals surface area contributed by atoms with Gasteiger partial charge in [0.2, 0.25) is 5.91 Å². The second-order valence-corrected chi connectivity index (χ2v) is 6.69. The molecule has 1 amide bonds. The van der Waals surface area contributed by atoms with Crippen molar-refractivity contribution in [1.82, 2.24) is 10.2 Å². The second-order valence-electron chi connectivity index (χ2n) is 4.74. The average molecular weight is 368 g/mol. The molecule has 5 nitrogen and oxygen atoms in total. The maximum atomic E-state index is 11.8. The Labute approximate surface area is 135 Å². The van der Waals surface area contributed by atoms with Crippen LogP contribution in [0.3, 0.4) is 0 Å². The minimum Gasteiger partial charge on any atom is -0.496 e. The standard InChI is InChI=1S/C14H14BrN3O2S/c1-7-12-13(8-3-4-10(20-2)9(15)5-8)21-6-11(19)16-14(12)18-17-7/h3-5,13H,6H2,1-2H3,(H2,16,17,18,19)/t13-/m0/s1. The Morgan fingerprint density at radius 1 is 1.48 bits per heavy atom. The summed E-state index contributed by atoms with van der Waals surface area (Å²) >= 11 is 5.11. The van der Waals surface area contributed by atoms with E-state index in [1.54, 1.807) is 18.9 Å². The van der Waals surface area contributed by atoms with Gasteiger partial charge in [0.1, 0.15) is 5.75 Å². The first-order valence-electron chi connectivity index (χ1n) is 6.40. The Balaban J connectivity index is 2.07. The molecule has 1 aliphatic rings. The number of thioether (sulfide) groups is 1. The van der Waals surface area contributed by atoms with Gasteiger partial charge in [-0.25, -0.2) is 0 Å². The van der Waals surface area contributed by atoms with E-state index in [4.69, 9.17) is 4.74 Å². The minimum atomic E-state index is -0.0252. The highest BCUT2D eigenvalue weighted by Crippen LogP contribution is 2.43. The number of amides is 1. The van der Waals surface area contributed by atoms with Crippen LogP contribution in [-0.4, -0.2) is 29.0 Å². The summed E-state index contributed by atoms with van der Waals surface area (Å²) < 4.78 is 6.17. The van der Waals surface area contributed by atoms with E-state index in [1.807, 2.05) is 25.1 Å². The van der Waals surface area contributed by atoms with Gasteiger partial charge >= 0.3 is 0 Å². The summed E-state index contributed by atoms with van der Waals surface area (Å²) in [5.41, 5.74) is 3.11. The first-order valence-corrected chi connectivity index (χ1v) is 8.24. The molecule has 0 unspecified atom stereocenters. The lowest BCUT2D eigenvalue weighted by atomic mass is 10.0. The summed E-state index contributed by atoms with van der Waals surface area (Å²) in [7, 11) is 1.64. The number of aromatic nitrogens is 2. The van der Waals surface area contributed by atoms with E-state index in [-0.39, 0.29) is 11.2 Å². The number of ether oxygens (including phenoxy) is 1. The fourth-order valence-electron chi connectivity index (χ4n) is 2.37. The number of anilines is 1. The number of H-pyrrole nitrogens is 1. The Morgan fingerprint density at radius 3 is 3.00 bits per heavy atom. The summed E-state index contributed by atoms with van der Waals surface area (Å²) in [4.78, 5) is 11.8. The number of aromatic amines is 1. The predicted octanol–water partition coefficient (Wildman–Crippen LogP) is 3.26. The van der Waals surface area contributed by atoms with Gasteiger partial charge in [0, 0.05) is 11.3 Å². The van der Waals surface area contributed by atoms with Gasteiger partial charge in [0.15, 0.2) is 5.82 Å². The quantitative estimate of drug-likeness (QED) is 0.854. The fourth-order valence-corrected chi connectivity index (χ4v) is 4.12. The summed E-state index contributed by atoms with van der Waals surface area (Å²) in [6, 6.07) is 5.98. The molecule has 7 heteroatoms. The predicted molar refractivity (Wildman–Crippen MR) is 86.9 cm³/mol. The zero-order valence-corrected chi connectivity index (χ0v) is 14.0. The number of methoxy groups -OCH3 is 1. The normalized spacial score (nSPS) is 17.9. The highest BCUT2D eigenvalue weighted by molar-refractivity contribution is 9.10. The van der Waals surface area contributed by atoms with Crippen LogP contribution >= 0.6 is 27.7 Å². The van der Waals surface area contributed by atoms with E-state index in [1.165, 1.54) is 0 Å². The van der Waals surface area contributed by atoms with E-state index in [9.17, 15) is 4.79 Å². The average Bonchev–Trinajstić information content (AvgIpc) is 2.72. The maximum Gasteiger partial charge on any atom is 0.235 e. The SMILES string of the molecule is COc1ccc([C@@H]2SCC(=O)Nc3n[nH]c(C)c32)cc1Br. The maximum absolute atomic E-state index is 11.8. The molecule has 0 bridgehead atoms. The number of fused-ring (bicyclic) bond motifs is 1. The molecule has 1 atom stereocenters. The zero-order valence-electron chi connectivity index (χ0n) is 11.6. The van der Waals surface area contributed by atoms with Crippen LogP contribution in [0, 0.1) is 6.92 Å². The summed E-state index contributed by atoms with van der Waals surface area (Å²) in [6.45, 7) is 1.97. The summed E-state index contributed by atoms with van der Waals surface area (Å²) in [6.07, 6.45) is 0. The van der Waals surface area contributed by atoms with Gasteiger partial charge in [-0.15, -0.1) is 11.8 Å². The number of benzene rings is 1. The second kappa shape index (κ2) is 5.73. The lowest BCUT2D eigenvalue weighted by Crippen LogP contribution is -2.12. The van der Waals surface area contributed by atoms with E-state index in [0.29, 0.717) is 11.6 Å². The molecule has 110 valence electrons. The third-order valence-corrected chi connectivity index (χ3v) is 5.26. The molecule has 0 saturated carbocycles. The summed E-state index contributed by atoms with van der Waals surface area (Å²) in [5, 5.41) is 10.0. The van der Waals surface area contributed by atoms with Gasteiger partial charge in [-0.2, -0.15) is 5.10 Å². The van der Waals surface area contributed by atoms with Crippen LogP contribution in [-0.2, 0) is 4.79 Å². The molecule has 0 fully saturated rings. The van der Waals surface area contributed by atoms with Crippen LogP contribution in [0.4, 0.5) is 5.82 Å². The molecule has 1 aliphatic heterocycles. The number of nitrogens with zero attached hydrogens (tertiary/aromatic N) is 1. The monoisotopic (exact) mass is 367 g/mol. The van der Waals surface area contributed by atoms with E-state index >= 15 is 0 Å². The number of hydrogen-bond acceptors (Lipinski definition) is 4. The lowest BCUT2D eigenvalue weighted by molar-refractivity contribution is -0.113. The van der Waals surface area contributed by atoms with Crippen LogP contribution in [0.5, 0.6) is 5.75 Å². The third kappa shape index (κ3) is 2.67. The molecule has 21 heavy (non-hydrogen) atoms. The molecular weight excluding hydrogens is 354 g/mol. The van der Waals surface area contributed by atoms with Crippen LogP contribution < -0.4 is 10.1 Å². The van der Waals surface area contributed by atoms with Crippen LogP contribution in [0.15, 0.2) is 22.7 Å². The largest absolute Gasteiger partial charge is 0.496 e. The van der Waals surface area contributed by atoms with E-state index in [2.05, 4.69) is 31.4 Å². The molecule has 2 aromatic rings. The van der Waals surface area contributed by atoms with Crippen LogP contribution in [0.1, 0.15) is 22.1 Å². The van der Waals surface area contributed by atoms with Crippen molar-refractivity contribution in [3.05, 3.63) is 39.5 Å². The van der Waals surface area contributed by atoms with Crippen molar-refractivity contribution in [3.8, 4) is 5.75 Å². The number of nitrogens with one attached hydrogen (secondary N) is 2. The minimum absolute atomic E-state index is 0.0252. The first kappa shape index (κ1) is 14.5. The number of hydrogen-bond donors (Lipinski definition) is 2. The topological polar surface area (TPSA) is 67.0 Å². The zero-order chi connectivity index (χ0) is 15.0. The van der Waals surface area contributed by atoms with E-state index < -0.39 is 0 Å². The molecule has 2 heterocycles. The molecule has 1 aromatic carbocycles. The molecule has 3 rings (SSSR count). The molecule has 2 N–H and O–H groups in total. The van der Waals surface area contributed by atoms with Crippen molar-refractivity contribution in [2.75, 3.05) is 18.2 Å². The van der Waals surface area contributed by atoms with Crippen molar-refractivity contribution in [3.63, 3.8) is 0 Å². The number of carbonyl (C=O) groups is 1. The smallest absolute Gasteiger partial charge is 0.235 e. The number of halogens is 1. The van der Waals surface area contributed by atoms with Gasteiger partial charge in [0.05, 0.1) is 22.6 Å². The molecular formula is C14H14BrN3O2S. The number of carbonyl (C=O) groups excluding carboxylic acids is 1. The number of rotatable bonds is 2. The number of aryl methyl sites for hydroxylation is 1. The van der Waals surface area contributed by atoms with Gasteiger partial charge in [-0.1, -0.05) is 6.07 Å². The van der Waals surface area contributed by atoms with Crippen molar-refractivity contribution >= 4 is 39.4 Å². The van der Waals surface area contributed by atoms with Crippen LogP contribution in [0.25, 0.3) is 0 Å². The Hall–Kier alpha value is -1.47. The van der Waals surface area contributed by atoms with Crippen molar-refractivity contribution in [2.45, 2.75) is 12.2 Å². The first-order chi connectivity index (χ1) is 10.1. The van der Waals surface area contributed by atoms with Gasteiger partial charge in [0.25, 0.3) is 0 Å². The Morgan fingerprint density at radius 2 is 2.29 bits per heavy atom. The highest BCUT2D eigenvalue weighted by Gasteiger charge is 2.28. The Kier molecular flexibility index (Phi) is 3.95. The van der Waals surface area contributed by atoms with Crippen LogP contribution in [0.2, 0.25) is 0 Å². The van der Waals surface area contributed by atoms with Crippen molar-refractivity contribution < 1.29 is 9.53 Å². The third-order valence-electron chi connectivity index (χ3n) is 3.37. The fraction of sp³-hybridized carbons (Fsp3) is 0.286. The molecule has 0 radical (unpaired) electrons. The molecule has 0 spiro atoms. The Bertz CT molecular complexity index is 702. The van der Waals surface area contributed by atoms with Gasteiger partial charge in [-0.3, -0.25) is 9.89 Å². The lowest BCUT2D eigenvalue weighted by Gasteiger charge is -2.16. The molecule has 1 aromatic heterocycles.